The summed E-state index contributed by atoms with van der Waals surface area (Å²) in [5.74, 6) is 1.22. The summed E-state index contributed by atoms with van der Waals surface area (Å²) in [6.07, 6.45) is 0. The van der Waals surface area contributed by atoms with E-state index in [9.17, 15) is 4.79 Å². The minimum absolute atomic E-state index is 0.197. The molecule has 7 nitrogen and oxygen atoms in total. The molecule has 0 fully saturated rings. The van der Waals surface area contributed by atoms with Gasteiger partial charge in [0.15, 0.2) is 0 Å². The van der Waals surface area contributed by atoms with E-state index in [0.717, 1.165) is 18.0 Å². The summed E-state index contributed by atoms with van der Waals surface area (Å²) in [6.45, 7) is 4.58. The molecule has 156 valence electrons. The zero-order valence-electron chi connectivity index (χ0n) is 17.5. The van der Waals surface area contributed by atoms with Gasteiger partial charge in [-0.3, -0.25) is 4.79 Å². The van der Waals surface area contributed by atoms with Crippen molar-refractivity contribution >= 4 is 17.3 Å². The number of ether oxygens (including phenoxy) is 3. The third-order valence-corrected chi connectivity index (χ3v) is 4.66. The van der Waals surface area contributed by atoms with Crippen LogP contribution in [0.3, 0.4) is 0 Å². The molecule has 1 unspecified atom stereocenters. The summed E-state index contributed by atoms with van der Waals surface area (Å²) in [7, 11) is 5.63. The van der Waals surface area contributed by atoms with Gasteiger partial charge >= 0.3 is 0 Å². The number of anilines is 2. The molecule has 0 saturated carbocycles. The molecule has 0 aliphatic carbocycles. The maximum absolute atomic E-state index is 12.7. The van der Waals surface area contributed by atoms with Crippen LogP contribution in [-0.4, -0.2) is 63.9 Å². The van der Waals surface area contributed by atoms with Crippen molar-refractivity contribution in [3.63, 3.8) is 0 Å². The SMILES string of the molecule is COc1cccc(NC(=O)c2ccc3c(c2)NC(C)(COCCN(C)C)CO3)c1. The first-order valence-electron chi connectivity index (χ1n) is 9.61. The van der Waals surface area contributed by atoms with Gasteiger partial charge in [-0.15, -0.1) is 0 Å². The fourth-order valence-electron chi connectivity index (χ4n) is 3.02. The number of hydrogen-bond donors (Lipinski definition) is 2. The van der Waals surface area contributed by atoms with Gasteiger partial charge < -0.3 is 29.7 Å². The molecule has 2 N–H and O–H groups in total. The average molecular weight is 399 g/mol. The van der Waals surface area contributed by atoms with Crippen molar-refractivity contribution in [2.75, 3.05) is 58.2 Å². The van der Waals surface area contributed by atoms with E-state index in [1.165, 1.54) is 0 Å². The highest BCUT2D eigenvalue weighted by Gasteiger charge is 2.31. The Morgan fingerprint density at radius 1 is 1.28 bits per heavy atom. The Kier molecular flexibility index (Phi) is 6.61. The van der Waals surface area contributed by atoms with Crippen molar-refractivity contribution in [1.82, 2.24) is 4.90 Å². The summed E-state index contributed by atoms with van der Waals surface area (Å²) in [5.41, 5.74) is 1.64. The maximum Gasteiger partial charge on any atom is 0.255 e. The summed E-state index contributed by atoms with van der Waals surface area (Å²) >= 11 is 0. The van der Waals surface area contributed by atoms with Gasteiger partial charge in [0, 0.05) is 23.9 Å². The van der Waals surface area contributed by atoms with Crippen molar-refractivity contribution in [1.29, 1.82) is 0 Å². The van der Waals surface area contributed by atoms with E-state index in [1.807, 2.05) is 44.4 Å². The summed E-state index contributed by atoms with van der Waals surface area (Å²) in [5, 5.41) is 6.37. The van der Waals surface area contributed by atoms with Crippen LogP contribution < -0.4 is 20.1 Å². The lowest BCUT2D eigenvalue weighted by molar-refractivity contribution is 0.0645. The van der Waals surface area contributed by atoms with Gasteiger partial charge in [0.25, 0.3) is 5.91 Å². The fourth-order valence-corrected chi connectivity index (χ4v) is 3.02. The molecule has 29 heavy (non-hydrogen) atoms. The third-order valence-electron chi connectivity index (χ3n) is 4.66. The van der Waals surface area contributed by atoms with E-state index in [2.05, 4.69) is 22.5 Å². The Labute approximate surface area is 171 Å². The second-order valence-corrected chi connectivity index (χ2v) is 7.73. The Morgan fingerprint density at radius 2 is 2.10 bits per heavy atom. The number of likely N-dealkylation sites (N-methyl/N-ethyl adjacent to an activating group) is 1. The van der Waals surface area contributed by atoms with Crippen molar-refractivity contribution in [2.24, 2.45) is 0 Å². The Hall–Kier alpha value is -2.77. The molecule has 1 aliphatic heterocycles. The molecule has 0 radical (unpaired) electrons. The molecule has 2 aromatic carbocycles. The minimum Gasteiger partial charge on any atom is -0.497 e. The standard InChI is InChI=1S/C22H29N3O4/c1-22(14-28-11-10-25(2)3)15-29-20-9-8-16(12-19(20)24-22)21(26)23-17-6-5-7-18(13-17)27-4/h5-9,12-13,24H,10-11,14-15H2,1-4H3,(H,23,26). The molecule has 0 bridgehead atoms. The van der Waals surface area contributed by atoms with E-state index in [1.54, 1.807) is 19.2 Å². The lowest BCUT2D eigenvalue weighted by Gasteiger charge is -2.36. The van der Waals surface area contributed by atoms with Crippen molar-refractivity contribution in [3.8, 4) is 11.5 Å². The number of amides is 1. The fraction of sp³-hybridized carbons (Fsp3) is 0.409. The average Bonchev–Trinajstić information content (AvgIpc) is 2.70. The Bertz CT molecular complexity index is 856. The number of carbonyl (C=O) groups is 1. The molecule has 3 rings (SSSR count). The number of methoxy groups -OCH3 is 1. The number of nitrogens with zero attached hydrogens (tertiary/aromatic N) is 1. The highest BCUT2D eigenvalue weighted by Crippen LogP contribution is 2.33. The monoisotopic (exact) mass is 399 g/mol. The largest absolute Gasteiger partial charge is 0.497 e. The molecule has 1 atom stereocenters. The van der Waals surface area contributed by atoms with Crippen LogP contribution in [-0.2, 0) is 4.74 Å². The van der Waals surface area contributed by atoms with E-state index in [-0.39, 0.29) is 11.4 Å². The molecule has 0 spiro atoms. The highest BCUT2D eigenvalue weighted by molar-refractivity contribution is 6.05. The highest BCUT2D eigenvalue weighted by atomic mass is 16.5. The van der Waals surface area contributed by atoms with E-state index in [4.69, 9.17) is 14.2 Å². The van der Waals surface area contributed by atoms with Crippen LogP contribution in [0.1, 0.15) is 17.3 Å². The van der Waals surface area contributed by atoms with Crippen molar-refractivity contribution in [2.45, 2.75) is 12.5 Å². The van der Waals surface area contributed by atoms with E-state index < -0.39 is 0 Å². The number of rotatable bonds is 8. The zero-order chi connectivity index (χ0) is 20.9. The van der Waals surface area contributed by atoms with Crippen LogP contribution in [0.2, 0.25) is 0 Å². The van der Waals surface area contributed by atoms with Crippen LogP contribution in [0.15, 0.2) is 42.5 Å². The van der Waals surface area contributed by atoms with Crippen LogP contribution in [0.5, 0.6) is 11.5 Å². The Morgan fingerprint density at radius 3 is 2.86 bits per heavy atom. The number of fused-ring (bicyclic) bond motifs is 1. The molecule has 0 saturated heterocycles. The molecule has 1 aliphatic rings. The third kappa shape index (κ3) is 5.62. The second-order valence-electron chi connectivity index (χ2n) is 7.73. The molecule has 0 aromatic heterocycles. The van der Waals surface area contributed by atoms with Gasteiger partial charge in [0.05, 0.1) is 31.5 Å². The Balaban J connectivity index is 1.66. The number of hydrogen-bond acceptors (Lipinski definition) is 6. The number of carbonyl (C=O) groups excluding carboxylic acids is 1. The zero-order valence-corrected chi connectivity index (χ0v) is 17.5. The summed E-state index contributed by atoms with van der Waals surface area (Å²) in [6, 6.07) is 12.6. The van der Waals surface area contributed by atoms with Gasteiger partial charge in [0.1, 0.15) is 18.1 Å². The first kappa shape index (κ1) is 21.0. The summed E-state index contributed by atoms with van der Waals surface area (Å²) in [4.78, 5) is 14.8. The second kappa shape index (κ2) is 9.15. The van der Waals surface area contributed by atoms with Crippen LogP contribution >= 0.6 is 0 Å². The lowest BCUT2D eigenvalue weighted by Crippen LogP contribution is -2.48. The van der Waals surface area contributed by atoms with Crippen LogP contribution in [0.4, 0.5) is 11.4 Å². The van der Waals surface area contributed by atoms with Crippen molar-refractivity contribution < 1.29 is 19.0 Å². The molecule has 7 heteroatoms. The predicted octanol–water partition coefficient (Wildman–Crippen LogP) is 3.09. The van der Waals surface area contributed by atoms with E-state index in [0.29, 0.717) is 36.8 Å². The van der Waals surface area contributed by atoms with Gasteiger partial charge in [-0.25, -0.2) is 0 Å². The van der Waals surface area contributed by atoms with Crippen molar-refractivity contribution in [3.05, 3.63) is 48.0 Å². The summed E-state index contributed by atoms with van der Waals surface area (Å²) < 4.78 is 16.9. The van der Waals surface area contributed by atoms with Gasteiger partial charge in [-0.2, -0.15) is 0 Å². The molecular weight excluding hydrogens is 370 g/mol. The molecule has 1 amide bonds. The number of benzene rings is 2. The smallest absolute Gasteiger partial charge is 0.255 e. The first-order valence-corrected chi connectivity index (χ1v) is 9.61. The molecule has 2 aromatic rings. The van der Waals surface area contributed by atoms with Crippen LogP contribution in [0, 0.1) is 0 Å². The maximum atomic E-state index is 12.7. The van der Waals surface area contributed by atoms with Crippen LogP contribution in [0.25, 0.3) is 0 Å². The van der Waals surface area contributed by atoms with Gasteiger partial charge in [-0.1, -0.05) is 6.07 Å². The quantitative estimate of drug-likeness (QED) is 0.665. The predicted molar refractivity (Wildman–Crippen MR) is 114 cm³/mol. The minimum atomic E-state index is -0.360. The van der Waals surface area contributed by atoms with Gasteiger partial charge in [-0.05, 0) is 51.4 Å². The van der Waals surface area contributed by atoms with E-state index >= 15 is 0 Å². The van der Waals surface area contributed by atoms with Gasteiger partial charge in [0.2, 0.25) is 0 Å². The molecule has 1 heterocycles. The number of nitrogens with one attached hydrogen (secondary N) is 2. The molecular formula is C22H29N3O4. The first-order chi connectivity index (χ1) is 13.9. The lowest BCUT2D eigenvalue weighted by atomic mass is 10.0. The normalized spacial score (nSPS) is 17.8. The topological polar surface area (TPSA) is 72.1 Å².